The molecule has 1 aliphatic rings. The van der Waals surface area contributed by atoms with E-state index in [4.69, 9.17) is 4.42 Å². The van der Waals surface area contributed by atoms with Crippen molar-refractivity contribution in [1.29, 1.82) is 0 Å². The number of carbonyl (C=O) groups is 1. The molecule has 0 fully saturated rings. The molecular formula is C23H18N4O4. The van der Waals surface area contributed by atoms with E-state index in [1.807, 2.05) is 42.5 Å². The maximum Gasteiger partial charge on any atom is 0.412 e. The molecule has 0 atom stereocenters. The number of aromatic amines is 1. The van der Waals surface area contributed by atoms with Gasteiger partial charge < -0.3 is 9.15 Å². The number of ether oxygens (including phenoxy) is 1. The number of methoxy groups -OCH3 is 1. The van der Waals surface area contributed by atoms with Gasteiger partial charge in [-0.3, -0.25) is 10.1 Å². The van der Waals surface area contributed by atoms with Crippen molar-refractivity contribution < 1.29 is 13.9 Å². The number of hydrogen-bond acceptors (Lipinski definition) is 6. The third-order valence-corrected chi connectivity index (χ3v) is 5.23. The van der Waals surface area contributed by atoms with E-state index in [0.717, 1.165) is 39.2 Å². The molecule has 0 radical (unpaired) electrons. The van der Waals surface area contributed by atoms with Crippen molar-refractivity contribution in [2.45, 2.75) is 12.8 Å². The molecule has 8 heteroatoms. The number of H-pyrrole nitrogens is 1. The molecule has 3 heterocycles. The van der Waals surface area contributed by atoms with Crippen molar-refractivity contribution in [2.75, 3.05) is 7.11 Å². The van der Waals surface area contributed by atoms with Crippen LogP contribution in [0.25, 0.3) is 21.9 Å². The zero-order valence-corrected chi connectivity index (χ0v) is 16.6. The molecule has 2 N–H and O–H groups in total. The molecule has 4 aromatic rings. The molecule has 31 heavy (non-hydrogen) atoms. The molecule has 2 aromatic carbocycles. The third-order valence-electron chi connectivity index (χ3n) is 5.23. The summed E-state index contributed by atoms with van der Waals surface area (Å²) < 4.78 is 10.4. The highest BCUT2D eigenvalue weighted by Crippen LogP contribution is 2.32. The predicted molar refractivity (Wildman–Crippen MR) is 116 cm³/mol. The smallest absolute Gasteiger partial charge is 0.412 e. The second-order valence-electron chi connectivity index (χ2n) is 7.22. The average molecular weight is 414 g/mol. The van der Waals surface area contributed by atoms with Crippen LogP contribution < -0.4 is 10.9 Å². The van der Waals surface area contributed by atoms with Gasteiger partial charge in [-0.25, -0.2) is 14.9 Å². The standard InChI is InChI=1S/C23H18N4O4/c1-30-23(29)25-21-10-14-8-13(6-7-19(14)24-21)15-9-16(31-12-15)11-20-17-4-2-3-5-18(17)22(28)27-26-20/h2-9,12H,10-11H2,1H3,(H,27,28)(H,24,25,29). The van der Waals surface area contributed by atoms with Gasteiger partial charge in [-0.15, -0.1) is 0 Å². The lowest BCUT2D eigenvalue weighted by Crippen LogP contribution is -2.30. The summed E-state index contributed by atoms with van der Waals surface area (Å²) in [5.74, 6) is 1.30. The fourth-order valence-electron chi connectivity index (χ4n) is 3.72. The fourth-order valence-corrected chi connectivity index (χ4v) is 3.72. The lowest BCUT2D eigenvalue weighted by atomic mass is 10.0. The molecule has 0 spiro atoms. The molecule has 0 saturated heterocycles. The molecule has 0 aliphatic carbocycles. The number of amides is 1. The van der Waals surface area contributed by atoms with E-state index in [0.29, 0.717) is 24.1 Å². The number of carbonyl (C=O) groups excluding carboxylic acids is 1. The molecule has 8 nitrogen and oxygen atoms in total. The summed E-state index contributed by atoms with van der Waals surface area (Å²) in [5, 5.41) is 10.8. The van der Waals surface area contributed by atoms with Crippen LogP contribution in [0.4, 0.5) is 10.5 Å². The van der Waals surface area contributed by atoms with Crippen LogP contribution in [0.3, 0.4) is 0 Å². The van der Waals surface area contributed by atoms with Gasteiger partial charge >= 0.3 is 6.09 Å². The number of amidine groups is 1. The summed E-state index contributed by atoms with van der Waals surface area (Å²) in [7, 11) is 1.32. The summed E-state index contributed by atoms with van der Waals surface area (Å²) in [6.07, 6.45) is 2.15. The number of hydrogen-bond donors (Lipinski definition) is 2. The molecule has 154 valence electrons. The van der Waals surface area contributed by atoms with E-state index in [1.165, 1.54) is 7.11 Å². The Morgan fingerprint density at radius 1 is 1.16 bits per heavy atom. The Bertz CT molecular complexity index is 1400. The normalized spacial score (nSPS) is 12.5. The Labute approximate surface area is 176 Å². The highest BCUT2D eigenvalue weighted by Gasteiger charge is 2.18. The van der Waals surface area contributed by atoms with Crippen molar-refractivity contribution in [2.24, 2.45) is 4.99 Å². The first kappa shape index (κ1) is 18.8. The van der Waals surface area contributed by atoms with Gasteiger partial charge in [0.15, 0.2) is 0 Å². The van der Waals surface area contributed by atoms with E-state index in [9.17, 15) is 9.59 Å². The fraction of sp³-hybridized carbons (Fsp3) is 0.130. The predicted octanol–water partition coefficient (Wildman–Crippen LogP) is 3.72. The van der Waals surface area contributed by atoms with Crippen LogP contribution in [-0.4, -0.2) is 29.2 Å². The Morgan fingerprint density at radius 3 is 2.84 bits per heavy atom. The third kappa shape index (κ3) is 3.59. The van der Waals surface area contributed by atoms with E-state index < -0.39 is 6.09 Å². The van der Waals surface area contributed by atoms with Crippen molar-refractivity contribution in [1.82, 2.24) is 15.5 Å². The van der Waals surface area contributed by atoms with Gasteiger partial charge in [0.1, 0.15) is 11.6 Å². The summed E-state index contributed by atoms with van der Waals surface area (Å²) in [6.45, 7) is 0. The summed E-state index contributed by atoms with van der Waals surface area (Å²) in [5.41, 5.74) is 4.30. The summed E-state index contributed by atoms with van der Waals surface area (Å²) >= 11 is 0. The van der Waals surface area contributed by atoms with Crippen LogP contribution in [0.15, 0.2) is 69.0 Å². The van der Waals surface area contributed by atoms with E-state index >= 15 is 0 Å². The van der Waals surface area contributed by atoms with Crippen LogP contribution in [0.5, 0.6) is 0 Å². The average Bonchev–Trinajstić information content (AvgIpc) is 3.41. The van der Waals surface area contributed by atoms with Crippen LogP contribution >= 0.6 is 0 Å². The van der Waals surface area contributed by atoms with Crippen molar-refractivity contribution in [3.8, 4) is 11.1 Å². The van der Waals surface area contributed by atoms with E-state index in [2.05, 4.69) is 25.2 Å². The maximum absolute atomic E-state index is 12.0. The lowest BCUT2D eigenvalue weighted by Gasteiger charge is -2.03. The second-order valence-corrected chi connectivity index (χ2v) is 7.22. The topological polar surface area (TPSA) is 110 Å². The summed E-state index contributed by atoms with van der Waals surface area (Å²) in [4.78, 5) is 27.8. The number of aliphatic imine (C=N–C) groups is 1. The number of furan rings is 1. The molecule has 0 saturated carbocycles. The number of rotatable bonds is 3. The Morgan fingerprint density at radius 2 is 2.00 bits per heavy atom. The SMILES string of the molecule is COC(=O)NC1=Nc2ccc(-c3coc(Cc4n[nH]c(=O)c5ccccc45)c3)cc2C1. The minimum absolute atomic E-state index is 0.207. The quantitative estimate of drug-likeness (QED) is 0.531. The Hall–Kier alpha value is -4.20. The first-order chi connectivity index (χ1) is 15.1. The minimum atomic E-state index is -0.533. The van der Waals surface area contributed by atoms with Gasteiger partial charge in [0.05, 0.1) is 36.6 Å². The van der Waals surface area contributed by atoms with Crippen molar-refractivity contribution in [3.63, 3.8) is 0 Å². The van der Waals surface area contributed by atoms with Gasteiger partial charge in [-0.2, -0.15) is 5.10 Å². The number of benzene rings is 2. The zero-order chi connectivity index (χ0) is 21.4. The first-order valence-electron chi connectivity index (χ1n) is 9.70. The van der Waals surface area contributed by atoms with Crippen molar-refractivity contribution >= 4 is 28.4 Å². The Balaban J connectivity index is 1.38. The molecule has 1 amide bonds. The maximum atomic E-state index is 12.0. The molecule has 1 aliphatic heterocycles. The van der Waals surface area contributed by atoms with Crippen LogP contribution in [-0.2, 0) is 17.6 Å². The van der Waals surface area contributed by atoms with Gasteiger partial charge in [0, 0.05) is 17.4 Å². The number of nitrogens with zero attached hydrogens (tertiary/aromatic N) is 2. The molecule has 2 aromatic heterocycles. The first-order valence-corrected chi connectivity index (χ1v) is 9.70. The number of alkyl carbamates (subject to hydrolysis) is 1. The van der Waals surface area contributed by atoms with E-state index in [-0.39, 0.29) is 5.56 Å². The van der Waals surface area contributed by atoms with Gasteiger partial charge in [-0.1, -0.05) is 24.3 Å². The van der Waals surface area contributed by atoms with Crippen molar-refractivity contribution in [3.05, 3.63) is 82.2 Å². The zero-order valence-electron chi connectivity index (χ0n) is 16.6. The number of fused-ring (bicyclic) bond motifs is 2. The van der Waals surface area contributed by atoms with Crippen LogP contribution in [0.1, 0.15) is 17.0 Å². The molecule has 0 unspecified atom stereocenters. The monoisotopic (exact) mass is 414 g/mol. The van der Waals surface area contributed by atoms with Gasteiger partial charge in [-0.05, 0) is 35.4 Å². The molecular weight excluding hydrogens is 396 g/mol. The molecule has 5 rings (SSSR count). The molecule has 0 bridgehead atoms. The van der Waals surface area contributed by atoms with Crippen LogP contribution in [0, 0.1) is 0 Å². The number of nitrogens with one attached hydrogen (secondary N) is 2. The van der Waals surface area contributed by atoms with Gasteiger partial charge in [0.2, 0.25) is 0 Å². The minimum Gasteiger partial charge on any atom is -0.468 e. The van der Waals surface area contributed by atoms with Gasteiger partial charge in [0.25, 0.3) is 5.56 Å². The number of aromatic nitrogens is 2. The largest absolute Gasteiger partial charge is 0.468 e. The Kier molecular flexibility index (Phi) is 4.59. The highest BCUT2D eigenvalue weighted by atomic mass is 16.5. The highest BCUT2D eigenvalue weighted by molar-refractivity contribution is 6.01. The van der Waals surface area contributed by atoms with Crippen LogP contribution in [0.2, 0.25) is 0 Å². The van der Waals surface area contributed by atoms with E-state index in [1.54, 1.807) is 12.3 Å². The lowest BCUT2D eigenvalue weighted by molar-refractivity contribution is 0.176. The summed E-state index contributed by atoms with van der Waals surface area (Å²) in [6, 6.07) is 15.3. The second kappa shape index (κ2) is 7.56.